The largest absolute Gasteiger partial charge is 0.496 e. The third-order valence-electron chi connectivity index (χ3n) is 4.76. The van der Waals surface area contributed by atoms with Gasteiger partial charge < -0.3 is 4.74 Å². The Balaban J connectivity index is 1.71. The Hall–Kier alpha value is -4.06. The number of para-hydroxylation sites is 2. The molecule has 2 aromatic carbocycles. The maximum atomic E-state index is 13.0. The van der Waals surface area contributed by atoms with E-state index in [1.165, 1.54) is 0 Å². The number of rotatable bonds is 5. The van der Waals surface area contributed by atoms with Crippen molar-refractivity contribution < 1.29 is 9.53 Å². The standard InChI is InChI=1S/C24H20N4O2/c1-16(18-7-4-6-10-23(18)30-2)27-28-24(29)20-15-22(17-11-13-25-14-12-17)26-21-9-5-3-8-19(20)21/h3-15H,1-2H3,(H,28,29)/b27-16+. The third-order valence-corrected chi connectivity index (χ3v) is 4.76. The predicted octanol–water partition coefficient (Wildman–Crippen LogP) is 4.46. The zero-order valence-corrected chi connectivity index (χ0v) is 16.7. The highest BCUT2D eigenvalue weighted by Crippen LogP contribution is 2.24. The molecule has 148 valence electrons. The lowest BCUT2D eigenvalue weighted by Crippen LogP contribution is -2.20. The highest BCUT2D eigenvalue weighted by Gasteiger charge is 2.14. The van der Waals surface area contributed by atoms with Crippen molar-refractivity contribution in [3.8, 4) is 17.0 Å². The van der Waals surface area contributed by atoms with Crippen LogP contribution in [0.5, 0.6) is 5.75 Å². The maximum Gasteiger partial charge on any atom is 0.272 e. The molecule has 2 aromatic heterocycles. The first kappa shape index (κ1) is 19.3. The topological polar surface area (TPSA) is 76.5 Å². The van der Waals surface area contributed by atoms with Gasteiger partial charge in [0.05, 0.1) is 29.6 Å². The molecule has 0 aliphatic rings. The first-order chi connectivity index (χ1) is 14.7. The van der Waals surface area contributed by atoms with Crippen LogP contribution < -0.4 is 10.2 Å². The van der Waals surface area contributed by atoms with E-state index in [-0.39, 0.29) is 5.91 Å². The van der Waals surface area contributed by atoms with Crippen LogP contribution in [0.1, 0.15) is 22.8 Å². The number of methoxy groups -OCH3 is 1. The summed E-state index contributed by atoms with van der Waals surface area (Å²) in [5, 5.41) is 5.06. The van der Waals surface area contributed by atoms with Crippen LogP contribution in [0.15, 0.2) is 84.2 Å². The fourth-order valence-corrected chi connectivity index (χ4v) is 3.23. The van der Waals surface area contributed by atoms with Gasteiger partial charge in [-0.1, -0.05) is 30.3 Å². The Labute approximate surface area is 174 Å². The molecular weight excluding hydrogens is 376 g/mol. The number of pyridine rings is 2. The molecule has 30 heavy (non-hydrogen) atoms. The second-order valence-corrected chi connectivity index (χ2v) is 6.65. The number of hydrogen-bond donors (Lipinski definition) is 1. The van der Waals surface area contributed by atoms with Crippen LogP contribution in [0.4, 0.5) is 0 Å². The highest BCUT2D eigenvalue weighted by molar-refractivity contribution is 6.08. The van der Waals surface area contributed by atoms with Gasteiger partial charge >= 0.3 is 0 Å². The normalized spacial score (nSPS) is 11.3. The Morgan fingerprint density at radius 2 is 1.70 bits per heavy atom. The van der Waals surface area contributed by atoms with Crippen LogP contribution in [0, 0.1) is 0 Å². The fraction of sp³-hybridized carbons (Fsp3) is 0.0833. The van der Waals surface area contributed by atoms with E-state index in [1.54, 1.807) is 25.6 Å². The number of hydrazone groups is 1. The van der Waals surface area contributed by atoms with E-state index in [0.717, 1.165) is 22.0 Å². The van der Waals surface area contributed by atoms with E-state index in [1.807, 2.05) is 67.6 Å². The fourth-order valence-electron chi connectivity index (χ4n) is 3.23. The molecule has 0 saturated carbocycles. The lowest BCUT2D eigenvalue weighted by atomic mass is 10.0. The molecule has 0 aliphatic carbocycles. The third kappa shape index (κ3) is 3.89. The Morgan fingerprint density at radius 3 is 2.50 bits per heavy atom. The second kappa shape index (κ2) is 8.53. The number of benzene rings is 2. The van der Waals surface area contributed by atoms with Crippen LogP contribution in [0.25, 0.3) is 22.2 Å². The molecule has 4 aromatic rings. The van der Waals surface area contributed by atoms with E-state index in [2.05, 4.69) is 15.5 Å². The molecule has 0 aliphatic heterocycles. The SMILES string of the molecule is COc1ccccc1/C(C)=N/NC(=O)c1cc(-c2ccncc2)nc2ccccc12. The number of carbonyl (C=O) groups excluding carboxylic acids is 1. The molecule has 0 spiro atoms. The van der Waals surface area contributed by atoms with E-state index >= 15 is 0 Å². The molecule has 0 atom stereocenters. The lowest BCUT2D eigenvalue weighted by Gasteiger charge is -2.10. The van der Waals surface area contributed by atoms with Gasteiger partial charge in [0.1, 0.15) is 5.75 Å². The summed E-state index contributed by atoms with van der Waals surface area (Å²) in [5.74, 6) is 0.389. The van der Waals surface area contributed by atoms with E-state index in [9.17, 15) is 4.79 Å². The van der Waals surface area contributed by atoms with Crippen molar-refractivity contribution >= 4 is 22.5 Å². The predicted molar refractivity (Wildman–Crippen MR) is 118 cm³/mol. The maximum absolute atomic E-state index is 13.0. The minimum Gasteiger partial charge on any atom is -0.496 e. The first-order valence-electron chi connectivity index (χ1n) is 9.45. The summed E-state index contributed by atoms with van der Waals surface area (Å²) in [4.78, 5) is 21.8. The van der Waals surface area contributed by atoms with Crippen molar-refractivity contribution in [3.63, 3.8) is 0 Å². The zero-order valence-electron chi connectivity index (χ0n) is 16.7. The van der Waals surface area contributed by atoms with E-state index in [4.69, 9.17) is 9.72 Å². The van der Waals surface area contributed by atoms with Gasteiger partial charge in [-0.15, -0.1) is 0 Å². The van der Waals surface area contributed by atoms with E-state index in [0.29, 0.717) is 22.7 Å². The molecule has 1 N–H and O–H groups in total. The molecule has 6 nitrogen and oxygen atoms in total. The van der Waals surface area contributed by atoms with Crippen LogP contribution in [0.3, 0.4) is 0 Å². The molecule has 6 heteroatoms. The first-order valence-corrected chi connectivity index (χ1v) is 9.45. The molecule has 0 saturated heterocycles. The van der Waals surface area contributed by atoms with E-state index < -0.39 is 0 Å². The van der Waals surface area contributed by atoms with Gasteiger partial charge in [0.2, 0.25) is 0 Å². The Morgan fingerprint density at radius 1 is 0.967 bits per heavy atom. The molecule has 1 amide bonds. The second-order valence-electron chi connectivity index (χ2n) is 6.65. The number of amides is 1. The quantitative estimate of drug-likeness (QED) is 0.399. The molecule has 0 bridgehead atoms. The number of aromatic nitrogens is 2. The average molecular weight is 396 g/mol. The van der Waals surface area contributed by atoms with Crippen molar-refractivity contribution in [2.75, 3.05) is 7.11 Å². The molecule has 0 fully saturated rings. The number of nitrogens with zero attached hydrogens (tertiary/aromatic N) is 3. The lowest BCUT2D eigenvalue weighted by molar-refractivity contribution is 0.0956. The van der Waals surface area contributed by atoms with Crippen LogP contribution in [-0.2, 0) is 0 Å². The van der Waals surface area contributed by atoms with Crippen LogP contribution >= 0.6 is 0 Å². The van der Waals surface area contributed by atoms with Gasteiger partial charge in [0.25, 0.3) is 5.91 Å². The summed E-state index contributed by atoms with van der Waals surface area (Å²) >= 11 is 0. The van der Waals surface area contributed by atoms with Gasteiger partial charge in [-0.25, -0.2) is 10.4 Å². The molecular formula is C24H20N4O2. The van der Waals surface area contributed by atoms with Crippen LogP contribution in [0.2, 0.25) is 0 Å². The summed E-state index contributed by atoms with van der Waals surface area (Å²) in [5.41, 5.74) is 6.97. The minimum atomic E-state index is -0.307. The number of ether oxygens (including phenoxy) is 1. The summed E-state index contributed by atoms with van der Waals surface area (Å²) in [6.07, 6.45) is 3.40. The van der Waals surface area contributed by atoms with Gasteiger partial charge in [-0.05, 0) is 43.3 Å². The molecule has 4 rings (SSSR count). The monoisotopic (exact) mass is 396 g/mol. The van der Waals surface area contributed by atoms with Gasteiger partial charge in [-0.3, -0.25) is 9.78 Å². The van der Waals surface area contributed by atoms with Crippen molar-refractivity contribution in [1.82, 2.24) is 15.4 Å². The average Bonchev–Trinajstić information content (AvgIpc) is 2.82. The number of fused-ring (bicyclic) bond motifs is 1. The zero-order chi connectivity index (χ0) is 20.9. The van der Waals surface area contributed by atoms with Gasteiger partial charge in [-0.2, -0.15) is 5.10 Å². The summed E-state index contributed by atoms with van der Waals surface area (Å²) in [6.45, 7) is 1.82. The highest BCUT2D eigenvalue weighted by atomic mass is 16.5. The molecule has 0 unspecified atom stereocenters. The van der Waals surface area contributed by atoms with Gasteiger partial charge in [0.15, 0.2) is 0 Å². The van der Waals surface area contributed by atoms with Crippen molar-refractivity contribution in [2.45, 2.75) is 6.92 Å². The van der Waals surface area contributed by atoms with Crippen molar-refractivity contribution in [3.05, 3.63) is 90.3 Å². The number of nitrogens with one attached hydrogen (secondary N) is 1. The Kier molecular flexibility index (Phi) is 5.48. The van der Waals surface area contributed by atoms with Crippen LogP contribution in [-0.4, -0.2) is 28.7 Å². The minimum absolute atomic E-state index is 0.307. The smallest absolute Gasteiger partial charge is 0.272 e. The van der Waals surface area contributed by atoms with Crippen molar-refractivity contribution in [1.29, 1.82) is 0 Å². The summed E-state index contributed by atoms with van der Waals surface area (Å²) in [6, 6.07) is 20.6. The van der Waals surface area contributed by atoms with Crippen molar-refractivity contribution in [2.24, 2.45) is 5.10 Å². The van der Waals surface area contributed by atoms with Gasteiger partial charge in [0, 0.05) is 28.9 Å². The number of hydrogen-bond acceptors (Lipinski definition) is 5. The summed E-state index contributed by atoms with van der Waals surface area (Å²) in [7, 11) is 1.61. The molecule has 0 radical (unpaired) electrons. The molecule has 2 heterocycles. The number of carbonyl (C=O) groups is 1. The summed E-state index contributed by atoms with van der Waals surface area (Å²) < 4.78 is 5.37. The Bertz CT molecular complexity index is 1240.